The highest BCUT2D eigenvalue weighted by atomic mass is 19.1. The molecule has 1 saturated carbocycles. The summed E-state index contributed by atoms with van der Waals surface area (Å²) in [7, 11) is 0. The van der Waals surface area contributed by atoms with Crippen molar-refractivity contribution in [1.29, 1.82) is 0 Å². The largest absolute Gasteiger partial charge is 0.310 e. The first-order valence-electron chi connectivity index (χ1n) is 6.50. The van der Waals surface area contributed by atoms with E-state index in [0.29, 0.717) is 18.2 Å². The van der Waals surface area contributed by atoms with Crippen molar-refractivity contribution >= 4 is 0 Å². The Balaban J connectivity index is 1.79. The van der Waals surface area contributed by atoms with Gasteiger partial charge in [-0.2, -0.15) is 0 Å². The van der Waals surface area contributed by atoms with Gasteiger partial charge in [0.25, 0.3) is 0 Å². The number of benzene rings is 2. The fraction of sp³-hybridized carbons (Fsp3) is 0.250. The summed E-state index contributed by atoms with van der Waals surface area (Å²) in [4.78, 5) is 0. The van der Waals surface area contributed by atoms with Gasteiger partial charge < -0.3 is 5.32 Å². The van der Waals surface area contributed by atoms with Crippen LogP contribution in [0.2, 0.25) is 0 Å². The quantitative estimate of drug-likeness (QED) is 0.878. The molecule has 2 aromatic carbocycles. The molecule has 0 amide bonds. The highest BCUT2D eigenvalue weighted by Crippen LogP contribution is 2.23. The normalized spacial score (nSPS) is 14.6. The lowest BCUT2D eigenvalue weighted by Crippen LogP contribution is -2.16. The van der Waals surface area contributed by atoms with Gasteiger partial charge in [0.1, 0.15) is 11.6 Å². The zero-order chi connectivity index (χ0) is 13.2. The Labute approximate surface area is 111 Å². The lowest BCUT2D eigenvalue weighted by molar-refractivity contribution is 0.587. The van der Waals surface area contributed by atoms with Crippen LogP contribution in [0.15, 0.2) is 42.5 Å². The molecule has 1 aliphatic carbocycles. The highest BCUT2D eigenvalue weighted by Gasteiger charge is 2.20. The van der Waals surface area contributed by atoms with Crippen LogP contribution in [0.3, 0.4) is 0 Å². The summed E-state index contributed by atoms with van der Waals surface area (Å²) >= 11 is 0. The third-order valence-corrected chi connectivity index (χ3v) is 3.39. The molecular formula is C16H15F2N. The Kier molecular flexibility index (Phi) is 3.30. The first-order chi connectivity index (χ1) is 9.22. The SMILES string of the molecule is Fc1ccc(-c2ccc(CNC3CC3)c(F)c2)cc1. The molecule has 0 atom stereocenters. The minimum atomic E-state index is -0.283. The van der Waals surface area contributed by atoms with Crippen LogP contribution in [-0.4, -0.2) is 6.04 Å². The zero-order valence-corrected chi connectivity index (χ0v) is 10.5. The Morgan fingerprint density at radius 2 is 1.63 bits per heavy atom. The van der Waals surface area contributed by atoms with Crippen LogP contribution in [0.5, 0.6) is 0 Å². The maximum absolute atomic E-state index is 14.0. The summed E-state index contributed by atoms with van der Waals surface area (Å²) in [6.45, 7) is 0.570. The molecule has 0 radical (unpaired) electrons. The van der Waals surface area contributed by atoms with E-state index in [9.17, 15) is 8.78 Å². The number of halogens is 2. The standard InChI is InChI=1S/C16H15F2N/c17-14-5-3-11(4-6-14)12-1-2-13(16(18)9-12)10-19-15-7-8-15/h1-6,9,15,19H,7-8,10H2. The maximum Gasteiger partial charge on any atom is 0.128 e. The fourth-order valence-corrected chi connectivity index (χ4v) is 2.05. The molecule has 19 heavy (non-hydrogen) atoms. The van der Waals surface area contributed by atoms with E-state index in [1.807, 2.05) is 6.07 Å². The van der Waals surface area contributed by atoms with Gasteiger partial charge in [0.2, 0.25) is 0 Å². The van der Waals surface area contributed by atoms with Crippen LogP contribution in [0.1, 0.15) is 18.4 Å². The van der Waals surface area contributed by atoms with Crippen molar-refractivity contribution in [1.82, 2.24) is 5.32 Å². The lowest BCUT2D eigenvalue weighted by atomic mass is 10.0. The monoisotopic (exact) mass is 259 g/mol. The van der Waals surface area contributed by atoms with E-state index in [0.717, 1.165) is 11.1 Å². The van der Waals surface area contributed by atoms with E-state index in [2.05, 4.69) is 5.32 Å². The van der Waals surface area contributed by atoms with Crippen molar-refractivity contribution in [2.24, 2.45) is 0 Å². The second kappa shape index (κ2) is 5.10. The van der Waals surface area contributed by atoms with E-state index in [1.165, 1.54) is 31.0 Å². The molecule has 3 heteroatoms. The Morgan fingerprint density at radius 3 is 2.26 bits per heavy atom. The van der Waals surface area contributed by atoms with Gasteiger partial charge in [0, 0.05) is 18.2 Å². The summed E-state index contributed by atoms with van der Waals surface area (Å²) in [5.41, 5.74) is 2.27. The minimum Gasteiger partial charge on any atom is -0.310 e. The smallest absolute Gasteiger partial charge is 0.128 e. The van der Waals surface area contributed by atoms with Crippen LogP contribution in [0.4, 0.5) is 8.78 Å². The summed E-state index contributed by atoms with van der Waals surface area (Å²) < 4.78 is 26.8. The number of hydrogen-bond donors (Lipinski definition) is 1. The molecule has 1 fully saturated rings. The molecular weight excluding hydrogens is 244 g/mol. The van der Waals surface area contributed by atoms with Crippen LogP contribution >= 0.6 is 0 Å². The molecule has 0 unspecified atom stereocenters. The zero-order valence-electron chi connectivity index (χ0n) is 10.5. The first kappa shape index (κ1) is 12.3. The van der Waals surface area contributed by atoms with Gasteiger partial charge in [-0.05, 0) is 42.2 Å². The third-order valence-electron chi connectivity index (χ3n) is 3.39. The number of nitrogens with one attached hydrogen (secondary N) is 1. The minimum absolute atomic E-state index is 0.213. The van der Waals surface area contributed by atoms with Crippen molar-refractivity contribution < 1.29 is 8.78 Å². The van der Waals surface area contributed by atoms with Crippen molar-refractivity contribution in [3.8, 4) is 11.1 Å². The number of hydrogen-bond acceptors (Lipinski definition) is 1. The van der Waals surface area contributed by atoms with Crippen LogP contribution in [0, 0.1) is 11.6 Å². The van der Waals surface area contributed by atoms with Gasteiger partial charge in [-0.25, -0.2) is 8.78 Å². The summed E-state index contributed by atoms with van der Waals surface area (Å²) in [6, 6.07) is 11.8. The van der Waals surface area contributed by atoms with Gasteiger partial charge in [0.15, 0.2) is 0 Å². The predicted molar refractivity (Wildman–Crippen MR) is 71.7 cm³/mol. The predicted octanol–water partition coefficient (Wildman–Crippen LogP) is 3.88. The van der Waals surface area contributed by atoms with Gasteiger partial charge in [0.05, 0.1) is 0 Å². The summed E-state index contributed by atoms with van der Waals surface area (Å²) in [5.74, 6) is -0.496. The Bertz CT molecular complexity index is 574. The molecule has 0 heterocycles. The molecule has 0 bridgehead atoms. The fourth-order valence-electron chi connectivity index (χ4n) is 2.05. The topological polar surface area (TPSA) is 12.0 Å². The van der Waals surface area contributed by atoms with E-state index in [4.69, 9.17) is 0 Å². The van der Waals surface area contributed by atoms with Crippen molar-refractivity contribution in [3.63, 3.8) is 0 Å². The molecule has 0 aliphatic heterocycles. The second-order valence-corrected chi connectivity index (χ2v) is 4.97. The highest BCUT2D eigenvalue weighted by molar-refractivity contribution is 5.63. The molecule has 1 aliphatic rings. The van der Waals surface area contributed by atoms with Gasteiger partial charge in [-0.1, -0.05) is 24.3 Å². The molecule has 1 N–H and O–H groups in total. The van der Waals surface area contributed by atoms with Gasteiger partial charge in [-0.15, -0.1) is 0 Å². The molecule has 1 nitrogen and oxygen atoms in total. The summed E-state index contributed by atoms with van der Waals surface area (Å²) in [6.07, 6.45) is 2.38. The van der Waals surface area contributed by atoms with E-state index < -0.39 is 0 Å². The molecule has 98 valence electrons. The average molecular weight is 259 g/mol. The van der Waals surface area contributed by atoms with Crippen molar-refractivity contribution in [2.75, 3.05) is 0 Å². The average Bonchev–Trinajstić information content (AvgIpc) is 3.22. The molecule has 0 spiro atoms. The Hall–Kier alpha value is -1.74. The van der Waals surface area contributed by atoms with Crippen molar-refractivity contribution in [3.05, 3.63) is 59.7 Å². The van der Waals surface area contributed by atoms with E-state index >= 15 is 0 Å². The third kappa shape index (κ3) is 2.99. The van der Waals surface area contributed by atoms with Crippen LogP contribution in [-0.2, 0) is 6.54 Å². The lowest BCUT2D eigenvalue weighted by Gasteiger charge is -2.07. The molecule has 3 rings (SSSR count). The van der Waals surface area contributed by atoms with E-state index in [1.54, 1.807) is 18.2 Å². The Morgan fingerprint density at radius 1 is 0.947 bits per heavy atom. The van der Waals surface area contributed by atoms with Crippen LogP contribution in [0.25, 0.3) is 11.1 Å². The second-order valence-electron chi connectivity index (χ2n) is 4.97. The maximum atomic E-state index is 14.0. The molecule has 2 aromatic rings. The first-order valence-corrected chi connectivity index (χ1v) is 6.50. The van der Waals surface area contributed by atoms with E-state index in [-0.39, 0.29) is 11.6 Å². The molecule has 0 saturated heterocycles. The van der Waals surface area contributed by atoms with Crippen molar-refractivity contribution in [2.45, 2.75) is 25.4 Å². The van der Waals surface area contributed by atoms with Gasteiger partial charge in [-0.3, -0.25) is 0 Å². The number of rotatable bonds is 4. The van der Waals surface area contributed by atoms with Crippen LogP contribution < -0.4 is 5.32 Å². The summed E-state index contributed by atoms with van der Waals surface area (Å²) in [5, 5.41) is 3.29. The molecule has 0 aromatic heterocycles. The van der Waals surface area contributed by atoms with Gasteiger partial charge >= 0.3 is 0 Å².